The van der Waals surface area contributed by atoms with Gasteiger partial charge >= 0.3 is 0 Å². The Labute approximate surface area is 188 Å². The number of thioether (sulfide) groups is 1. The van der Waals surface area contributed by atoms with E-state index in [1.165, 1.54) is 17.7 Å². The van der Waals surface area contributed by atoms with Gasteiger partial charge in [0.25, 0.3) is 0 Å². The minimum absolute atomic E-state index is 0.291. The number of halogens is 1. The minimum Gasteiger partial charge on any atom is -0.303 e. The largest absolute Gasteiger partial charge is 0.303 e. The average Bonchev–Trinajstić information content (AvgIpc) is 2.80. The molecule has 2 aromatic carbocycles. The van der Waals surface area contributed by atoms with Crippen LogP contribution in [0.25, 0.3) is 0 Å². The summed E-state index contributed by atoms with van der Waals surface area (Å²) in [5.41, 5.74) is 3.07. The molecule has 0 bridgehead atoms. The van der Waals surface area contributed by atoms with Gasteiger partial charge in [-0.3, -0.25) is 14.9 Å². The first-order chi connectivity index (χ1) is 15.1. The van der Waals surface area contributed by atoms with Gasteiger partial charge in [-0.25, -0.2) is 4.39 Å². The van der Waals surface area contributed by atoms with Crippen molar-refractivity contribution < 1.29 is 9.18 Å². The summed E-state index contributed by atoms with van der Waals surface area (Å²) in [5, 5.41) is 0. The van der Waals surface area contributed by atoms with Crippen molar-refractivity contribution in [2.24, 2.45) is 4.99 Å². The van der Waals surface area contributed by atoms with E-state index in [1.807, 2.05) is 43.6 Å². The number of unbranched alkanes of at least 4 members (excludes halogenated alkanes) is 1. The first kappa shape index (κ1) is 24.4. The number of aromatic nitrogens is 1. The lowest BCUT2D eigenvalue weighted by Crippen LogP contribution is -2.16. The SMILES string of the molecule is C=Nc1cc(F)ccc1SCN(C)Cc1cccnc1.O=CCCCc1ccccc1. The van der Waals surface area contributed by atoms with Gasteiger partial charge < -0.3 is 4.79 Å². The third-order valence-electron chi connectivity index (χ3n) is 4.34. The third-order valence-corrected chi connectivity index (χ3v) is 5.56. The summed E-state index contributed by atoms with van der Waals surface area (Å²) < 4.78 is 13.1. The van der Waals surface area contributed by atoms with E-state index in [4.69, 9.17) is 0 Å². The Kier molecular flexibility index (Phi) is 11.2. The summed E-state index contributed by atoms with van der Waals surface area (Å²) in [6, 6.07) is 18.8. The molecule has 0 radical (unpaired) electrons. The van der Waals surface area contributed by atoms with Crippen LogP contribution in [0, 0.1) is 5.82 Å². The van der Waals surface area contributed by atoms with E-state index in [1.54, 1.807) is 24.0 Å². The molecule has 3 aromatic rings. The second-order valence-electron chi connectivity index (χ2n) is 6.96. The number of rotatable bonds is 10. The summed E-state index contributed by atoms with van der Waals surface area (Å²) in [5.74, 6) is 0.490. The zero-order valence-electron chi connectivity index (χ0n) is 17.8. The van der Waals surface area contributed by atoms with Crippen molar-refractivity contribution in [2.45, 2.75) is 30.7 Å². The number of hydrogen-bond donors (Lipinski definition) is 0. The molecule has 0 saturated heterocycles. The molecule has 0 atom stereocenters. The maximum Gasteiger partial charge on any atom is 0.125 e. The van der Waals surface area contributed by atoms with Gasteiger partial charge in [-0.2, -0.15) is 0 Å². The normalized spacial score (nSPS) is 10.3. The van der Waals surface area contributed by atoms with Crippen LogP contribution in [-0.2, 0) is 17.8 Å². The Morgan fingerprint density at radius 2 is 1.90 bits per heavy atom. The molecule has 0 unspecified atom stereocenters. The summed E-state index contributed by atoms with van der Waals surface area (Å²) in [7, 11) is 2.03. The molecule has 4 nitrogen and oxygen atoms in total. The van der Waals surface area contributed by atoms with Gasteiger partial charge in [0.1, 0.15) is 12.1 Å². The highest BCUT2D eigenvalue weighted by Gasteiger charge is 2.06. The standard InChI is InChI=1S/C15H16FN3S.C10H12O/c1-17-14-8-13(16)5-6-15(14)20-11-19(2)10-12-4-3-7-18-9-12;11-9-5-4-8-10-6-2-1-3-7-10/h3-9H,1,10-11H2,2H3;1-3,6-7,9H,4-5,8H2. The maximum absolute atomic E-state index is 13.1. The van der Waals surface area contributed by atoms with Crippen LogP contribution < -0.4 is 0 Å². The molecule has 1 heterocycles. The second kappa shape index (κ2) is 14.2. The first-order valence-corrected chi connectivity index (χ1v) is 11.0. The monoisotopic (exact) mass is 437 g/mol. The maximum atomic E-state index is 13.1. The fourth-order valence-corrected chi connectivity index (χ4v) is 3.69. The van der Waals surface area contributed by atoms with Crippen molar-refractivity contribution in [3.8, 4) is 0 Å². The van der Waals surface area contributed by atoms with Crippen LogP contribution in [0.2, 0.25) is 0 Å². The van der Waals surface area contributed by atoms with E-state index < -0.39 is 0 Å². The van der Waals surface area contributed by atoms with Gasteiger partial charge in [0, 0.05) is 42.2 Å². The van der Waals surface area contributed by atoms with E-state index in [-0.39, 0.29) is 5.82 Å². The van der Waals surface area contributed by atoms with Crippen molar-refractivity contribution in [1.29, 1.82) is 0 Å². The number of carbonyl (C=O) groups excluding carboxylic acids is 1. The fourth-order valence-electron chi connectivity index (χ4n) is 2.80. The van der Waals surface area contributed by atoms with Gasteiger partial charge in [0.05, 0.1) is 5.69 Å². The van der Waals surface area contributed by atoms with Crippen LogP contribution in [0.3, 0.4) is 0 Å². The lowest BCUT2D eigenvalue weighted by atomic mass is 10.1. The molecule has 31 heavy (non-hydrogen) atoms. The predicted octanol–water partition coefficient (Wildman–Crippen LogP) is 5.94. The summed E-state index contributed by atoms with van der Waals surface area (Å²) >= 11 is 1.61. The number of benzene rings is 2. The van der Waals surface area contributed by atoms with Crippen molar-refractivity contribution in [2.75, 3.05) is 12.9 Å². The molecule has 0 aliphatic carbocycles. The zero-order chi connectivity index (χ0) is 22.3. The molecule has 0 N–H and O–H groups in total. The highest BCUT2D eigenvalue weighted by atomic mass is 32.2. The minimum atomic E-state index is -0.291. The second-order valence-corrected chi connectivity index (χ2v) is 7.95. The number of carbonyl (C=O) groups is 1. The summed E-state index contributed by atoms with van der Waals surface area (Å²) in [4.78, 5) is 21.0. The fraction of sp³-hybridized carbons (Fsp3) is 0.240. The van der Waals surface area contributed by atoms with E-state index in [9.17, 15) is 9.18 Å². The Hall–Kier alpha value is -2.83. The Morgan fingerprint density at radius 3 is 2.58 bits per heavy atom. The number of nitrogens with zero attached hydrogens (tertiary/aromatic N) is 3. The lowest BCUT2D eigenvalue weighted by molar-refractivity contribution is -0.107. The molecule has 162 valence electrons. The van der Waals surface area contributed by atoms with Gasteiger partial charge in [-0.15, -0.1) is 11.8 Å². The first-order valence-electron chi connectivity index (χ1n) is 10.1. The van der Waals surface area contributed by atoms with E-state index >= 15 is 0 Å². The van der Waals surface area contributed by atoms with Crippen molar-refractivity contribution in [3.05, 3.63) is 90.0 Å². The van der Waals surface area contributed by atoms with Gasteiger partial charge in [-0.1, -0.05) is 36.4 Å². The van der Waals surface area contributed by atoms with Crippen molar-refractivity contribution >= 4 is 30.5 Å². The van der Waals surface area contributed by atoms with Crippen molar-refractivity contribution in [1.82, 2.24) is 9.88 Å². The molecule has 0 aliphatic rings. The van der Waals surface area contributed by atoms with Crippen LogP contribution in [0.5, 0.6) is 0 Å². The number of pyridine rings is 1. The number of hydrogen-bond acceptors (Lipinski definition) is 5. The molecule has 0 aliphatic heterocycles. The molecule has 0 fully saturated rings. The third kappa shape index (κ3) is 9.68. The predicted molar refractivity (Wildman–Crippen MR) is 127 cm³/mol. The Bertz CT molecular complexity index is 923. The molecule has 0 amide bonds. The van der Waals surface area contributed by atoms with Crippen LogP contribution >= 0.6 is 11.8 Å². The van der Waals surface area contributed by atoms with Gasteiger partial charge in [0.2, 0.25) is 0 Å². The van der Waals surface area contributed by atoms with Crippen molar-refractivity contribution in [3.63, 3.8) is 0 Å². The highest BCUT2D eigenvalue weighted by molar-refractivity contribution is 7.99. The molecule has 0 spiro atoms. The number of aldehydes is 1. The highest BCUT2D eigenvalue weighted by Crippen LogP contribution is 2.30. The Balaban J connectivity index is 0.000000262. The van der Waals surface area contributed by atoms with E-state index in [2.05, 4.69) is 33.7 Å². The van der Waals surface area contributed by atoms with Crippen LogP contribution in [0.4, 0.5) is 10.1 Å². The summed E-state index contributed by atoms with van der Waals surface area (Å²) in [6.45, 7) is 4.29. The van der Waals surface area contributed by atoms with E-state index in [0.717, 1.165) is 42.0 Å². The number of aryl methyl sites for hydroxylation is 1. The molecule has 0 saturated carbocycles. The van der Waals surface area contributed by atoms with Crippen LogP contribution in [0.15, 0.2) is 82.9 Å². The molecule has 6 heteroatoms. The topological polar surface area (TPSA) is 45.6 Å². The molecule has 3 rings (SSSR count). The molecule has 1 aromatic heterocycles. The quantitative estimate of drug-likeness (QED) is 0.129. The average molecular weight is 438 g/mol. The van der Waals surface area contributed by atoms with Crippen LogP contribution in [-0.4, -0.2) is 35.8 Å². The lowest BCUT2D eigenvalue weighted by Gasteiger charge is -2.16. The van der Waals surface area contributed by atoms with E-state index in [0.29, 0.717) is 12.1 Å². The molecular formula is C25H28FN3OS. The van der Waals surface area contributed by atoms with Gasteiger partial charge in [-0.05, 0) is 55.9 Å². The number of aliphatic imine (C=N–C) groups is 1. The smallest absolute Gasteiger partial charge is 0.125 e. The Morgan fingerprint density at radius 1 is 1.13 bits per heavy atom. The summed E-state index contributed by atoms with van der Waals surface area (Å²) in [6.07, 6.45) is 7.25. The van der Waals surface area contributed by atoms with Gasteiger partial charge in [0.15, 0.2) is 0 Å². The van der Waals surface area contributed by atoms with Crippen LogP contribution in [0.1, 0.15) is 24.0 Å². The zero-order valence-corrected chi connectivity index (χ0v) is 18.6. The molecular weight excluding hydrogens is 409 g/mol.